The normalized spacial score (nSPS) is 18.3. The van der Waals surface area contributed by atoms with Crippen molar-refractivity contribution in [1.29, 1.82) is 0 Å². The number of halogens is 6. The molecule has 2 aromatic rings. The molecule has 2 aromatic carbocycles. The molecule has 3 rings (SSSR count). The quantitative estimate of drug-likeness (QED) is 0.0213. The highest BCUT2D eigenvalue weighted by atomic mass is 35.6. The van der Waals surface area contributed by atoms with Crippen LogP contribution in [0, 0.1) is 0 Å². The zero-order valence-corrected chi connectivity index (χ0v) is 48.4. The van der Waals surface area contributed by atoms with Gasteiger partial charge in [0.2, 0.25) is 7.59 Å². The van der Waals surface area contributed by atoms with E-state index in [1.807, 2.05) is 0 Å². The van der Waals surface area contributed by atoms with Crippen molar-refractivity contribution in [3.63, 3.8) is 0 Å². The molecule has 0 unspecified atom stereocenters. The highest BCUT2D eigenvalue weighted by molar-refractivity contribution is 7.49. The number of nitrogens with one attached hydrogen (secondary N) is 1. The van der Waals surface area contributed by atoms with E-state index in [4.69, 9.17) is 112 Å². The molecule has 16 nitrogen and oxygen atoms in total. The first kappa shape index (κ1) is 66.6. The third-order valence-electron chi connectivity index (χ3n) is 11.8. The van der Waals surface area contributed by atoms with E-state index in [0.29, 0.717) is 19.3 Å². The lowest BCUT2D eigenvalue weighted by Gasteiger charge is -2.44. The number of alkyl carbamates (subject to hydrolysis) is 1. The number of ether oxygens (including phenoxy) is 6. The zero-order valence-electron chi connectivity index (χ0n) is 43.0. The Kier molecular flexibility index (Phi) is 33.1. The van der Waals surface area contributed by atoms with E-state index in [9.17, 15) is 24.3 Å². The molecule has 2 N–H and O–H groups in total. The summed E-state index contributed by atoms with van der Waals surface area (Å²) < 4.78 is 62.0. The number of alkyl halides is 6. The number of amides is 1. The number of phosphoric acid groups is 1. The maximum absolute atomic E-state index is 15.0. The lowest BCUT2D eigenvalue weighted by atomic mass is 9.96. The zero-order chi connectivity index (χ0) is 55.0. The molecular weight excluding hydrogens is 1120 g/mol. The second-order valence-electron chi connectivity index (χ2n) is 18.4. The number of rotatable bonds is 37. The van der Waals surface area contributed by atoms with Crippen LogP contribution in [0.4, 0.5) is 9.59 Å². The van der Waals surface area contributed by atoms with Gasteiger partial charge in [0.05, 0.1) is 6.42 Å². The summed E-state index contributed by atoms with van der Waals surface area (Å²) in [5, 5.41) is 13.9. The maximum Gasteiger partial charge on any atom is 0.588 e. The van der Waals surface area contributed by atoms with Gasteiger partial charge in [0.25, 0.3) is 0 Å². The van der Waals surface area contributed by atoms with Gasteiger partial charge in [-0.1, -0.05) is 235 Å². The molecule has 0 aliphatic carbocycles. The van der Waals surface area contributed by atoms with Crippen LogP contribution in [-0.4, -0.2) is 93.4 Å². The molecule has 0 radical (unpaired) electrons. The molecule has 426 valence electrons. The van der Waals surface area contributed by atoms with Gasteiger partial charge >= 0.3 is 32.0 Å². The van der Waals surface area contributed by atoms with Gasteiger partial charge in [-0.25, -0.2) is 14.2 Å². The predicted octanol–water partition coefficient (Wildman–Crippen LogP) is 15.2. The second-order valence-corrected chi connectivity index (χ2v) is 24.9. The largest absolute Gasteiger partial charge is 0.588 e. The number of hydrogen-bond acceptors (Lipinski definition) is 15. The van der Waals surface area contributed by atoms with E-state index in [2.05, 4.69) is 19.2 Å². The number of unbranched alkanes of at least 4 members (excludes halogenated alkanes) is 18. The minimum absolute atomic E-state index is 0.00410. The minimum Gasteiger partial charge on any atom is -0.462 e. The first-order valence-electron chi connectivity index (χ1n) is 26.2. The van der Waals surface area contributed by atoms with Crippen LogP contribution in [0.5, 0.6) is 11.5 Å². The van der Waals surface area contributed by atoms with Crippen LogP contribution in [-0.2, 0) is 47.1 Å². The van der Waals surface area contributed by atoms with Crippen LogP contribution in [0.3, 0.4) is 0 Å². The summed E-state index contributed by atoms with van der Waals surface area (Å²) >= 11 is 34.8. The number of esters is 2. The molecule has 1 saturated heterocycles. The van der Waals surface area contributed by atoms with Crippen molar-refractivity contribution in [2.24, 2.45) is 0 Å². The van der Waals surface area contributed by atoms with E-state index in [-0.39, 0.29) is 17.9 Å². The smallest absolute Gasteiger partial charge is 0.462 e. The maximum atomic E-state index is 15.0. The van der Waals surface area contributed by atoms with Crippen molar-refractivity contribution in [2.45, 2.75) is 206 Å². The Morgan fingerprint density at radius 1 is 0.627 bits per heavy atom. The molecule has 1 heterocycles. The van der Waals surface area contributed by atoms with E-state index in [1.54, 1.807) is 36.4 Å². The van der Waals surface area contributed by atoms with E-state index < -0.39 is 103 Å². The fraction of sp³-hybridized carbons (Fsp3) is 0.692. The summed E-state index contributed by atoms with van der Waals surface area (Å²) in [6.45, 7) is 2.01. The van der Waals surface area contributed by atoms with Crippen molar-refractivity contribution >= 4 is 102 Å². The molecule has 0 saturated carbocycles. The number of para-hydroxylation sites is 2. The highest BCUT2D eigenvalue weighted by Crippen LogP contribution is 2.52. The minimum atomic E-state index is -5.00. The van der Waals surface area contributed by atoms with Gasteiger partial charge in [-0.15, -0.1) is 0 Å². The van der Waals surface area contributed by atoms with Gasteiger partial charge in [0.1, 0.15) is 55.7 Å². The van der Waals surface area contributed by atoms with E-state index >= 15 is 4.57 Å². The first-order valence-corrected chi connectivity index (χ1v) is 29.9. The topological polar surface area (TPSA) is 201 Å². The molecule has 0 aromatic heterocycles. The molecule has 0 bridgehead atoms. The molecule has 23 heteroatoms. The number of carbonyl (C=O) groups is 4. The van der Waals surface area contributed by atoms with Crippen LogP contribution in [0.1, 0.15) is 162 Å². The number of aliphatic hydroxyl groups is 1. The van der Waals surface area contributed by atoms with Crippen LogP contribution in [0.15, 0.2) is 60.7 Å². The van der Waals surface area contributed by atoms with Crippen molar-refractivity contribution < 1.29 is 70.8 Å². The monoisotopic (exact) mass is 1200 g/mol. The average molecular weight is 1200 g/mol. The lowest BCUT2D eigenvalue weighted by Crippen LogP contribution is -2.66. The Labute approximate surface area is 472 Å². The number of hydrogen-bond donors (Lipinski definition) is 2. The number of phosphoric ester groups is 1. The van der Waals surface area contributed by atoms with Crippen molar-refractivity contribution in [1.82, 2.24) is 5.32 Å². The first-order chi connectivity index (χ1) is 35.8. The number of benzene rings is 2. The van der Waals surface area contributed by atoms with Crippen molar-refractivity contribution in [3.8, 4) is 11.5 Å². The standard InChI is InChI=1S/C52H76Cl6NO15P/c1-3-5-7-9-11-13-14-16-18-20-28-34-43(60)69-41(33-23-19-17-15-12-10-8-6-4-2)35-44(61)71-47-45(59-49(63)67-37-51(53,54)55)48(62)70-42(36-66-50(64)68-38-52(56,57)58)46(47)74-75(65,72-39-29-24-21-25-30-39)73-40-31-26-22-27-32-40/h21-22,24-27,29-32,41-42,45-48,62H,3-20,23,28,33-38H2,1-2H3,(H,59,63)/t41-,42-,45-,46-,47-,48+/m1/s1. The van der Waals surface area contributed by atoms with Crippen molar-refractivity contribution in [3.05, 3.63) is 60.7 Å². The predicted molar refractivity (Wildman–Crippen MR) is 291 cm³/mol. The van der Waals surface area contributed by atoms with Crippen LogP contribution >= 0.6 is 77.4 Å². The molecular formula is C52H76Cl6NO15P. The van der Waals surface area contributed by atoms with Gasteiger partial charge in [0, 0.05) is 6.42 Å². The molecule has 1 amide bonds. The SMILES string of the molecule is CCCCCCCCCCCCCC(=O)O[C@H](CCCCCCCCCCC)CC(=O)O[C@@H]1[C@@H](NC(=O)OCC(Cl)(Cl)Cl)[C@@H](O)O[C@H](COC(=O)OCC(Cl)(Cl)Cl)[C@H]1OP(=O)(Oc1ccccc1)Oc1ccccc1. The Bertz CT molecular complexity index is 1910. The molecule has 1 aliphatic rings. The summed E-state index contributed by atoms with van der Waals surface area (Å²) in [7, 11) is -5.00. The Morgan fingerprint density at radius 2 is 1.09 bits per heavy atom. The molecule has 6 atom stereocenters. The summed E-state index contributed by atoms with van der Waals surface area (Å²) in [5.74, 6) is -1.47. The summed E-state index contributed by atoms with van der Waals surface area (Å²) in [4.78, 5) is 53.9. The fourth-order valence-electron chi connectivity index (χ4n) is 8.01. The fourth-order valence-corrected chi connectivity index (χ4v) is 9.78. The number of carbonyl (C=O) groups excluding carboxylic acids is 4. The molecule has 1 fully saturated rings. The van der Waals surface area contributed by atoms with Crippen LogP contribution in [0.25, 0.3) is 0 Å². The molecule has 1 aliphatic heterocycles. The summed E-state index contributed by atoms with van der Waals surface area (Å²) in [6, 6.07) is 13.7. The highest BCUT2D eigenvalue weighted by Gasteiger charge is 2.54. The average Bonchev–Trinajstić information content (AvgIpc) is 3.35. The molecule has 75 heavy (non-hydrogen) atoms. The van der Waals surface area contributed by atoms with E-state index in [0.717, 1.165) is 64.2 Å². The lowest BCUT2D eigenvalue weighted by molar-refractivity contribution is -0.255. The summed E-state index contributed by atoms with van der Waals surface area (Å²) in [6.07, 6.45) is 10.1. The van der Waals surface area contributed by atoms with Crippen LogP contribution in [0.2, 0.25) is 0 Å². The van der Waals surface area contributed by atoms with Crippen LogP contribution < -0.4 is 14.4 Å². The van der Waals surface area contributed by atoms with Gasteiger partial charge in [0.15, 0.2) is 12.4 Å². The number of aliphatic hydroxyl groups excluding tert-OH is 1. The third kappa shape index (κ3) is 30.9. The van der Waals surface area contributed by atoms with E-state index in [1.165, 1.54) is 75.6 Å². The third-order valence-corrected chi connectivity index (χ3v) is 13.8. The Morgan fingerprint density at radius 3 is 1.59 bits per heavy atom. The van der Waals surface area contributed by atoms with Gasteiger partial charge in [-0.3, -0.25) is 14.1 Å². The Hall–Kier alpha value is -2.63. The van der Waals surface area contributed by atoms with Gasteiger partial charge < -0.3 is 47.9 Å². The van der Waals surface area contributed by atoms with Crippen molar-refractivity contribution in [2.75, 3.05) is 19.8 Å². The Balaban J connectivity index is 1.96. The van der Waals surface area contributed by atoms with Gasteiger partial charge in [-0.05, 0) is 43.5 Å². The summed E-state index contributed by atoms with van der Waals surface area (Å²) in [5.41, 5.74) is 0. The second kappa shape index (κ2) is 37.3. The molecule has 0 spiro atoms. The van der Waals surface area contributed by atoms with Gasteiger partial charge in [-0.2, -0.15) is 0 Å².